The second-order valence-corrected chi connectivity index (χ2v) is 3.64. The van der Waals surface area contributed by atoms with E-state index in [0.717, 1.165) is 44.1 Å². The second kappa shape index (κ2) is 4.62. The molecule has 0 radical (unpaired) electrons. The fraction of sp³-hybridized carbons (Fsp3) is 0.636. The molecule has 3 nitrogen and oxygen atoms in total. The van der Waals surface area contributed by atoms with Crippen molar-refractivity contribution >= 4 is 0 Å². The summed E-state index contributed by atoms with van der Waals surface area (Å²) in [7, 11) is 0. The highest BCUT2D eigenvalue weighted by Gasteiger charge is 2.18. The summed E-state index contributed by atoms with van der Waals surface area (Å²) in [6.45, 7) is 4.59. The second-order valence-electron chi connectivity index (χ2n) is 3.64. The van der Waals surface area contributed by atoms with Gasteiger partial charge >= 0.3 is 0 Å². The van der Waals surface area contributed by atoms with Crippen LogP contribution in [0.3, 0.4) is 0 Å². The molecule has 1 aromatic heterocycles. The van der Waals surface area contributed by atoms with Gasteiger partial charge in [-0.2, -0.15) is 0 Å². The quantitative estimate of drug-likeness (QED) is 0.799. The van der Waals surface area contributed by atoms with Crippen LogP contribution in [0.5, 0.6) is 0 Å². The Balaban J connectivity index is 2.00. The largest absolute Gasteiger partial charge is 0.464 e. The number of hydrogen-bond acceptors (Lipinski definition) is 3. The minimum Gasteiger partial charge on any atom is -0.464 e. The van der Waals surface area contributed by atoms with Gasteiger partial charge in [0.05, 0.1) is 19.3 Å². The minimum atomic E-state index is 0.245. The van der Waals surface area contributed by atoms with E-state index in [0.29, 0.717) is 0 Å². The van der Waals surface area contributed by atoms with Crippen molar-refractivity contribution in [1.29, 1.82) is 0 Å². The van der Waals surface area contributed by atoms with Gasteiger partial charge in [-0.05, 0) is 18.6 Å². The van der Waals surface area contributed by atoms with Crippen molar-refractivity contribution < 1.29 is 9.15 Å². The molecule has 0 spiro atoms. The molecule has 1 atom stereocenters. The Hall–Kier alpha value is -0.800. The molecule has 0 aromatic carbocycles. The van der Waals surface area contributed by atoms with Gasteiger partial charge in [-0.25, -0.2) is 0 Å². The normalized spacial score (nSPS) is 22.5. The molecule has 0 amide bonds. The Morgan fingerprint density at radius 2 is 2.43 bits per heavy atom. The van der Waals surface area contributed by atoms with Gasteiger partial charge in [0.1, 0.15) is 11.5 Å². The maximum Gasteiger partial charge on any atom is 0.123 e. The Kier molecular flexibility index (Phi) is 3.22. The molecule has 0 aliphatic carbocycles. The van der Waals surface area contributed by atoms with Crippen molar-refractivity contribution in [2.24, 2.45) is 0 Å². The summed E-state index contributed by atoms with van der Waals surface area (Å²) in [6.07, 6.45) is 2.15. The zero-order valence-corrected chi connectivity index (χ0v) is 8.58. The lowest BCUT2D eigenvalue weighted by Crippen LogP contribution is -2.34. The van der Waals surface area contributed by atoms with E-state index >= 15 is 0 Å². The topological polar surface area (TPSA) is 34.4 Å². The summed E-state index contributed by atoms with van der Waals surface area (Å²) in [5.74, 6) is 2.09. The van der Waals surface area contributed by atoms with Gasteiger partial charge in [0.2, 0.25) is 0 Å². The molecule has 1 aliphatic heterocycles. The zero-order valence-electron chi connectivity index (χ0n) is 8.58. The van der Waals surface area contributed by atoms with Gasteiger partial charge in [-0.1, -0.05) is 6.92 Å². The summed E-state index contributed by atoms with van der Waals surface area (Å²) in [5, 5.41) is 3.37. The third-order valence-corrected chi connectivity index (χ3v) is 2.44. The Morgan fingerprint density at radius 3 is 3.14 bits per heavy atom. The van der Waals surface area contributed by atoms with E-state index in [1.807, 2.05) is 0 Å². The summed E-state index contributed by atoms with van der Waals surface area (Å²) in [4.78, 5) is 0. The number of morpholine rings is 1. The maximum absolute atomic E-state index is 5.72. The summed E-state index contributed by atoms with van der Waals surface area (Å²) < 4.78 is 11.1. The molecule has 1 fully saturated rings. The maximum atomic E-state index is 5.72. The SMILES string of the molecule is CCCc1ccc([C@H]2COCCN2)o1. The molecule has 1 N–H and O–H groups in total. The van der Waals surface area contributed by atoms with E-state index in [1.165, 1.54) is 0 Å². The predicted octanol–water partition coefficient (Wildman–Crippen LogP) is 1.89. The van der Waals surface area contributed by atoms with Crippen LogP contribution < -0.4 is 5.32 Å². The standard InChI is InChI=1S/C11H17NO2/c1-2-3-9-4-5-11(14-9)10-8-13-7-6-12-10/h4-5,10,12H,2-3,6-8H2,1H3/t10-/m1/s1. The van der Waals surface area contributed by atoms with Crippen LogP contribution in [0.4, 0.5) is 0 Å². The van der Waals surface area contributed by atoms with Crippen molar-refractivity contribution in [2.45, 2.75) is 25.8 Å². The van der Waals surface area contributed by atoms with E-state index in [4.69, 9.17) is 9.15 Å². The highest BCUT2D eigenvalue weighted by atomic mass is 16.5. The predicted molar refractivity (Wildman–Crippen MR) is 54.3 cm³/mol. The number of aryl methyl sites for hydroxylation is 1. The lowest BCUT2D eigenvalue weighted by atomic mass is 10.2. The Bertz CT molecular complexity index is 277. The molecule has 1 saturated heterocycles. The van der Waals surface area contributed by atoms with Crippen molar-refractivity contribution in [2.75, 3.05) is 19.8 Å². The number of rotatable bonds is 3. The monoisotopic (exact) mass is 195 g/mol. The fourth-order valence-electron chi connectivity index (χ4n) is 1.71. The van der Waals surface area contributed by atoms with Crippen LogP contribution in [-0.4, -0.2) is 19.8 Å². The van der Waals surface area contributed by atoms with Gasteiger partial charge in [-0.15, -0.1) is 0 Å². The lowest BCUT2D eigenvalue weighted by Gasteiger charge is -2.21. The Labute approximate surface area is 84.4 Å². The first kappa shape index (κ1) is 9.74. The number of hydrogen-bond donors (Lipinski definition) is 1. The highest BCUT2D eigenvalue weighted by molar-refractivity contribution is 5.11. The molecular formula is C11H17NO2. The summed E-state index contributed by atoms with van der Waals surface area (Å²) in [5.41, 5.74) is 0. The van der Waals surface area contributed by atoms with E-state index in [-0.39, 0.29) is 6.04 Å². The van der Waals surface area contributed by atoms with Crippen LogP contribution in [0.2, 0.25) is 0 Å². The van der Waals surface area contributed by atoms with Gasteiger partial charge in [0, 0.05) is 13.0 Å². The third kappa shape index (κ3) is 2.16. The highest BCUT2D eigenvalue weighted by Crippen LogP contribution is 2.19. The average molecular weight is 195 g/mol. The first-order valence-electron chi connectivity index (χ1n) is 5.30. The number of nitrogens with one attached hydrogen (secondary N) is 1. The Morgan fingerprint density at radius 1 is 1.50 bits per heavy atom. The molecule has 78 valence electrons. The molecule has 0 bridgehead atoms. The van der Waals surface area contributed by atoms with E-state index < -0.39 is 0 Å². The first-order valence-corrected chi connectivity index (χ1v) is 5.30. The van der Waals surface area contributed by atoms with Gasteiger partial charge < -0.3 is 14.5 Å². The molecule has 0 saturated carbocycles. The minimum absolute atomic E-state index is 0.245. The van der Waals surface area contributed by atoms with E-state index in [9.17, 15) is 0 Å². The van der Waals surface area contributed by atoms with Crippen LogP contribution >= 0.6 is 0 Å². The molecule has 2 rings (SSSR count). The molecule has 1 aromatic rings. The van der Waals surface area contributed by atoms with Crippen LogP contribution in [0.15, 0.2) is 16.5 Å². The molecule has 1 aliphatic rings. The van der Waals surface area contributed by atoms with Crippen molar-refractivity contribution in [3.63, 3.8) is 0 Å². The van der Waals surface area contributed by atoms with Crippen molar-refractivity contribution in [3.05, 3.63) is 23.7 Å². The number of ether oxygens (including phenoxy) is 1. The van der Waals surface area contributed by atoms with Crippen LogP contribution in [-0.2, 0) is 11.2 Å². The average Bonchev–Trinajstić information content (AvgIpc) is 2.68. The zero-order chi connectivity index (χ0) is 9.80. The molecule has 14 heavy (non-hydrogen) atoms. The van der Waals surface area contributed by atoms with E-state index in [2.05, 4.69) is 24.4 Å². The van der Waals surface area contributed by atoms with Gasteiger partial charge in [0.25, 0.3) is 0 Å². The molecule has 3 heteroatoms. The van der Waals surface area contributed by atoms with Gasteiger partial charge in [-0.3, -0.25) is 0 Å². The molecule has 2 heterocycles. The number of furan rings is 1. The molecule has 0 unspecified atom stereocenters. The van der Waals surface area contributed by atoms with E-state index in [1.54, 1.807) is 0 Å². The van der Waals surface area contributed by atoms with Crippen LogP contribution in [0.1, 0.15) is 30.9 Å². The van der Waals surface area contributed by atoms with Crippen molar-refractivity contribution in [3.8, 4) is 0 Å². The van der Waals surface area contributed by atoms with Crippen LogP contribution in [0, 0.1) is 0 Å². The third-order valence-electron chi connectivity index (χ3n) is 2.44. The first-order chi connectivity index (χ1) is 6.90. The van der Waals surface area contributed by atoms with Crippen LogP contribution in [0.25, 0.3) is 0 Å². The van der Waals surface area contributed by atoms with Crippen molar-refractivity contribution in [1.82, 2.24) is 5.32 Å². The smallest absolute Gasteiger partial charge is 0.123 e. The summed E-state index contributed by atoms with van der Waals surface area (Å²) >= 11 is 0. The van der Waals surface area contributed by atoms with Gasteiger partial charge in [0.15, 0.2) is 0 Å². The fourth-order valence-corrected chi connectivity index (χ4v) is 1.71. The lowest BCUT2D eigenvalue weighted by molar-refractivity contribution is 0.0695. The molecular weight excluding hydrogens is 178 g/mol. The summed E-state index contributed by atoms with van der Waals surface area (Å²) in [6, 6.07) is 4.36.